The van der Waals surface area contributed by atoms with Crippen LogP contribution in [0.1, 0.15) is 60.2 Å². The van der Waals surface area contributed by atoms with Gasteiger partial charge in [0.15, 0.2) is 0 Å². The van der Waals surface area contributed by atoms with E-state index in [0.717, 1.165) is 5.52 Å². The van der Waals surface area contributed by atoms with Gasteiger partial charge in [-0.2, -0.15) is 0 Å². The second kappa shape index (κ2) is 8.52. The number of hydrogen-bond acceptors (Lipinski definition) is 6. The number of hydrogen-bond donors (Lipinski definition) is 2. The van der Waals surface area contributed by atoms with E-state index >= 15 is 0 Å². The quantitative estimate of drug-likeness (QED) is 0.727. The number of imidazole rings is 1. The molecule has 2 aromatic rings. The van der Waals surface area contributed by atoms with Crippen molar-refractivity contribution >= 4 is 23.2 Å². The summed E-state index contributed by atoms with van der Waals surface area (Å²) < 4.78 is 16.5. The van der Waals surface area contributed by atoms with E-state index < -0.39 is 22.8 Å². The number of alkyl carbamates (subject to hydrolysis) is 1. The summed E-state index contributed by atoms with van der Waals surface area (Å²) in [6.45, 7) is 11.8. The third-order valence-corrected chi connectivity index (χ3v) is 5.16. The van der Waals surface area contributed by atoms with Crippen molar-refractivity contribution in [1.82, 2.24) is 20.2 Å². The number of rotatable bonds is 3. The predicted octanol–water partition coefficient (Wildman–Crippen LogP) is 4.32. The molecule has 2 heterocycles. The van der Waals surface area contributed by atoms with Crippen LogP contribution in [0.15, 0.2) is 18.2 Å². The SMILES string of the molecule is COc1cccc2[nH]c(C3(NC(=O)OC(C)(C)C)CCN(C(=O)OC(C)(C)C)CC3)nc12. The van der Waals surface area contributed by atoms with Gasteiger partial charge in [-0.25, -0.2) is 14.6 Å². The van der Waals surface area contributed by atoms with E-state index in [4.69, 9.17) is 19.2 Å². The maximum atomic E-state index is 12.7. The number of carbonyl (C=O) groups excluding carboxylic acids is 2. The Morgan fingerprint density at radius 1 is 1.06 bits per heavy atom. The molecule has 9 heteroatoms. The summed E-state index contributed by atoms with van der Waals surface area (Å²) >= 11 is 0. The maximum absolute atomic E-state index is 12.7. The van der Waals surface area contributed by atoms with E-state index in [9.17, 15) is 9.59 Å². The van der Waals surface area contributed by atoms with Crippen LogP contribution in [0.25, 0.3) is 11.0 Å². The van der Waals surface area contributed by atoms with Gasteiger partial charge >= 0.3 is 12.2 Å². The van der Waals surface area contributed by atoms with Crippen LogP contribution in [-0.4, -0.2) is 58.5 Å². The molecular weight excluding hydrogens is 412 g/mol. The second-order valence-corrected chi connectivity index (χ2v) is 10.1. The van der Waals surface area contributed by atoms with E-state index in [-0.39, 0.29) is 6.09 Å². The molecule has 0 saturated carbocycles. The van der Waals surface area contributed by atoms with Crippen molar-refractivity contribution in [2.24, 2.45) is 0 Å². The minimum absolute atomic E-state index is 0.366. The smallest absolute Gasteiger partial charge is 0.410 e. The molecule has 1 aromatic carbocycles. The first kappa shape index (κ1) is 23.7. The summed E-state index contributed by atoms with van der Waals surface area (Å²) in [6.07, 6.45) is 0.00613. The zero-order valence-corrected chi connectivity index (χ0v) is 20.0. The van der Waals surface area contributed by atoms with E-state index in [1.807, 2.05) is 59.7 Å². The van der Waals surface area contributed by atoms with Crippen molar-refractivity contribution in [2.75, 3.05) is 20.2 Å². The molecule has 9 nitrogen and oxygen atoms in total. The van der Waals surface area contributed by atoms with Gasteiger partial charge in [-0.1, -0.05) is 6.07 Å². The molecule has 1 saturated heterocycles. The van der Waals surface area contributed by atoms with Gasteiger partial charge in [0.25, 0.3) is 0 Å². The maximum Gasteiger partial charge on any atom is 0.410 e. The molecule has 0 unspecified atom stereocenters. The number of aromatic amines is 1. The zero-order valence-electron chi connectivity index (χ0n) is 20.0. The number of benzene rings is 1. The highest BCUT2D eigenvalue weighted by Gasteiger charge is 2.43. The molecular formula is C23H34N4O5. The Balaban J connectivity index is 1.90. The fourth-order valence-corrected chi connectivity index (χ4v) is 3.71. The van der Waals surface area contributed by atoms with Crippen LogP contribution in [0, 0.1) is 0 Å². The van der Waals surface area contributed by atoms with Crippen LogP contribution in [0.4, 0.5) is 9.59 Å². The molecule has 0 radical (unpaired) electrons. The number of fused-ring (bicyclic) bond motifs is 1. The molecule has 1 aromatic heterocycles. The lowest BCUT2D eigenvalue weighted by atomic mass is 9.86. The Kier molecular flexibility index (Phi) is 6.31. The molecule has 1 aliphatic rings. The number of ether oxygens (including phenoxy) is 3. The number of nitrogens with one attached hydrogen (secondary N) is 2. The van der Waals surface area contributed by atoms with Gasteiger partial charge in [-0.05, 0) is 66.5 Å². The summed E-state index contributed by atoms with van der Waals surface area (Å²) in [5.41, 5.74) is -0.552. The van der Waals surface area contributed by atoms with Crippen LogP contribution >= 0.6 is 0 Å². The number of H-pyrrole nitrogens is 1. The number of nitrogens with zero attached hydrogens (tertiary/aromatic N) is 2. The molecule has 2 N–H and O–H groups in total. The van der Waals surface area contributed by atoms with Crippen molar-refractivity contribution < 1.29 is 23.8 Å². The van der Waals surface area contributed by atoms with Crippen LogP contribution in [0.5, 0.6) is 5.75 Å². The Labute approximate surface area is 188 Å². The molecule has 3 rings (SSSR count). The fourth-order valence-electron chi connectivity index (χ4n) is 3.71. The minimum atomic E-state index is -0.828. The molecule has 1 aliphatic heterocycles. The topological polar surface area (TPSA) is 106 Å². The van der Waals surface area contributed by atoms with Gasteiger partial charge in [0.1, 0.15) is 33.8 Å². The monoisotopic (exact) mass is 446 g/mol. The minimum Gasteiger partial charge on any atom is -0.494 e. The first-order valence-corrected chi connectivity index (χ1v) is 10.8. The molecule has 0 atom stereocenters. The lowest BCUT2D eigenvalue weighted by molar-refractivity contribution is 0.0107. The Hall–Kier alpha value is -2.97. The third kappa shape index (κ3) is 5.44. The first-order chi connectivity index (χ1) is 14.8. The molecule has 0 bridgehead atoms. The van der Waals surface area contributed by atoms with Crippen LogP contribution in [0.2, 0.25) is 0 Å². The second-order valence-electron chi connectivity index (χ2n) is 10.1. The molecule has 176 valence electrons. The van der Waals surface area contributed by atoms with Crippen LogP contribution in [0.3, 0.4) is 0 Å². The van der Waals surface area contributed by atoms with Gasteiger partial charge in [-0.3, -0.25) is 0 Å². The predicted molar refractivity (Wildman–Crippen MR) is 121 cm³/mol. The van der Waals surface area contributed by atoms with Crippen molar-refractivity contribution in [1.29, 1.82) is 0 Å². The zero-order chi connectivity index (χ0) is 23.7. The Morgan fingerprint density at radius 3 is 2.25 bits per heavy atom. The van der Waals surface area contributed by atoms with E-state index in [2.05, 4.69) is 10.3 Å². The normalized spacial score (nSPS) is 16.5. The number of piperidine rings is 1. The summed E-state index contributed by atoms with van der Waals surface area (Å²) in [7, 11) is 1.59. The Bertz CT molecular complexity index is 978. The summed E-state index contributed by atoms with van der Waals surface area (Å²) in [5, 5.41) is 3.04. The van der Waals surface area contributed by atoms with E-state index in [0.29, 0.717) is 43.0 Å². The van der Waals surface area contributed by atoms with E-state index in [1.165, 1.54) is 0 Å². The number of likely N-dealkylation sites (tertiary alicyclic amines) is 1. The van der Waals surface area contributed by atoms with Crippen molar-refractivity contribution in [3.63, 3.8) is 0 Å². The summed E-state index contributed by atoms with van der Waals surface area (Å²) in [4.78, 5) is 35.1. The third-order valence-electron chi connectivity index (χ3n) is 5.16. The molecule has 32 heavy (non-hydrogen) atoms. The van der Waals surface area contributed by atoms with Gasteiger partial charge in [0.05, 0.1) is 12.6 Å². The average Bonchev–Trinajstić information content (AvgIpc) is 3.10. The van der Waals surface area contributed by atoms with Crippen LogP contribution in [-0.2, 0) is 15.0 Å². The lowest BCUT2D eigenvalue weighted by Gasteiger charge is -2.41. The number of amides is 2. The molecule has 2 amide bonds. The van der Waals surface area contributed by atoms with Crippen molar-refractivity contribution in [3.8, 4) is 5.75 Å². The van der Waals surface area contributed by atoms with Gasteiger partial charge < -0.3 is 29.4 Å². The van der Waals surface area contributed by atoms with Crippen LogP contribution < -0.4 is 10.1 Å². The molecule has 0 aliphatic carbocycles. The Morgan fingerprint density at radius 2 is 1.69 bits per heavy atom. The summed E-state index contributed by atoms with van der Waals surface area (Å²) in [5.74, 6) is 1.25. The molecule has 1 fully saturated rings. The fraction of sp³-hybridized carbons (Fsp3) is 0.609. The number of methoxy groups -OCH3 is 1. The van der Waals surface area contributed by atoms with Gasteiger partial charge in [0.2, 0.25) is 0 Å². The first-order valence-electron chi connectivity index (χ1n) is 10.8. The van der Waals surface area contributed by atoms with Gasteiger partial charge in [-0.15, -0.1) is 0 Å². The van der Waals surface area contributed by atoms with Crippen molar-refractivity contribution in [3.05, 3.63) is 24.0 Å². The largest absolute Gasteiger partial charge is 0.494 e. The highest BCUT2D eigenvalue weighted by Crippen LogP contribution is 2.35. The standard InChI is InChI=1S/C23H34N4O5/c1-21(2,3)31-19(28)26-23(11-13-27(14-12-23)20(29)32-22(4,5)6)18-24-15-9-8-10-16(30-7)17(15)25-18/h8-10H,11-14H2,1-7H3,(H,24,25)(H,26,28). The van der Waals surface area contributed by atoms with Crippen molar-refractivity contribution in [2.45, 2.75) is 71.1 Å². The highest BCUT2D eigenvalue weighted by molar-refractivity contribution is 5.82. The summed E-state index contributed by atoms with van der Waals surface area (Å²) in [6, 6.07) is 5.62. The molecule has 0 spiro atoms. The van der Waals surface area contributed by atoms with Gasteiger partial charge in [0, 0.05) is 13.1 Å². The average molecular weight is 447 g/mol. The number of carbonyl (C=O) groups is 2. The number of para-hydroxylation sites is 1. The van der Waals surface area contributed by atoms with E-state index in [1.54, 1.807) is 12.0 Å². The highest BCUT2D eigenvalue weighted by atomic mass is 16.6. The number of aromatic nitrogens is 2. The lowest BCUT2D eigenvalue weighted by Crippen LogP contribution is -2.55.